The maximum Gasteiger partial charge on any atom is 0.434 e. The predicted molar refractivity (Wildman–Crippen MR) is 108 cm³/mol. The van der Waals surface area contributed by atoms with Crippen molar-refractivity contribution in [2.75, 3.05) is 33.7 Å². The van der Waals surface area contributed by atoms with Gasteiger partial charge in [0.05, 0.1) is 17.6 Å². The molecule has 1 heterocycles. The van der Waals surface area contributed by atoms with Crippen LogP contribution in [0.3, 0.4) is 0 Å². The summed E-state index contributed by atoms with van der Waals surface area (Å²) < 4.78 is 51.4. The molecule has 1 aromatic carbocycles. The molecule has 10 heteroatoms. The molecule has 0 radical (unpaired) electrons. The van der Waals surface area contributed by atoms with E-state index in [9.17, 15) is 17.6 Å². The number of hydrogen-bond acceptors (Lipinski definition) is 4. The van der Waals surface area contributed by atoms with Crippen molar-refractivity contribution in [2.24, 2.45) is 4.99 Å². The minimum atomic E-state index is -4.42. The molecule has 160 valence electrons. The topological polar surface area (TPSA) is 52.6 Å². The zero-order chi connectivity index (χ0) is 21.4. The van der Waals surface area contributed by atoms with Gasteiger partial charge in [0.25, 0.3) is 0 Å². The van der Waals surface area contributed by atoms with E-state index in [4.69, 9.17) is 0 Å². The van der Waals surface area contributed by atoms with Crippen LogP contribution in [0.25, 0.3) is 0 Å². The van der Waals surface area contributed by atoms with Gasteiger partial charge in [-0.05, 0) is 38.7 Å². The summed E-state index contributed by atoms with van der Waals surface area (Å²) in [7, 11) is 3.79. The number of guanidine groups is 1. The molecule has 29 heavy (non-hydrogen) atoms. The van der Waals surface area contributed by atoms with Crippen LogP contribution in [-0.4, -0.2) is 49.6 Å². The number of aromatic nitrogens is 1. The van der Waals surface area contributed by atoms with E-state index in [1.165, 1.54) is 12.1 Å². The highest BCUT2D eigenvalue weighted by Crippen LogP contribution is 2.30. The number of rotatable bonds is 8. The molecule has 1 unspecified atom stereocenters. The van der Waals surface area contributed by atoms with Gasteiger partial charge < -0.3 is 15.5 Å². The van der Waals surface area contributed by atoms with E-state index in [2.05, 4.69) is 20.6 Å². The Labute approximate surface area is 171 Å². The first kappa shape index (κ1) is 23.1. The fourth-order valence-corrected chi connectivity index (χ4v) is 3.45. The van der Waals surface area contributed by atoms with Gasteiger partial charge in [-0.15, -0.1) is 11.3 Å². The van der Waals surface area contributed by atoms with Crippen LogP contribution >= 0.6 is 11.3 Å². The number of alkyl halides is 3. The molecule has 5 nitrogen and oxygen atoms in total. The van der Waals surface area contributed by atoms with Crippen LogP contribution in [-0.2, 0) is 12.6 Å². The van der Waals surface area contributed by atoms with Gasteiger partial charge in [-0.1, -0.05) is 12.1 Å². The summed E-state index contributed by atoms with van der Waals surface area (Å²) in [5.41, 5.74) is -0.0425. The van der Waals surface area contributed by atoms with Crippen molar-refractivity contribution in [2.45, 2.75) is 25.6 Å². The molecule has 0 bridgehead atoms. The Bertz CT molecular complexity index is 804. The highest BCUT2D eigenvalue weighted by molar-refractivity contribution is 7.09. The van der Waals surface area contributed by atoms with Crippen molar-refractivity contribution < 1.29 is 17.6 Å². The highest BCUT2D eigenvalue weighted by Gasteiger charge is 2.33. The molecule has 0 amide bonds. The quantitative estimate of drug-likeness (QED) is 0.380. The van der Waals surface area contributed by atoms with Gasteiger partial charge >= 0.3 is 6.18 Å². The first-order chi connectivity index (χ1) is 13.7. The summed E-state index contributed by atoms with van der Waals surface area (Å²) in [5, 5.41) is 7.64. The van der Waals surface area contributed by atoms with E-state index in [0.717, 1.165) is 22.3 Å². The fraction of sp³-hybridized carbons (Fsp3) is 0.474. The van der Waals surface area contributed by atoms with Crippen LogP contribution in [0.2, 0.25) is 0 Å². The lowest BCUT2D eigenvalue weighted by molar-refractivity contribution is -0.140. The Balaban J connectivity index is 1.98. The third-order valence-corrected chi connectivity index (χ3v) is 5.01. The van der Waals surface area contributed by atoms with E-state index in [-0.39, 0.29) is 11.9 Å². The molecule has 1 atom stereocenters. The van der Waals surface area contributed by atoms with Gasteiger partial charge in [-0.3, -0.25) is 4.99 Å². The molecule has 0 saturated carbocycles. The first-order valence-corrected chi connectivity index (χ1v) is 10.0. The number of hydrogen-bond donors (Lipinski definition) is 2. The maximum absolute atomic E-state index is 13.6. The summed E-state index contributed by atoms with van der Waals surface area (Å²) in [4.78, 5) is 10.1. The first-order valence-electron chi connectivity index (χ1n) is 9.16. The minimum Gasteiger partial charge on any atom is -0.357 e. The number of nitrogens with one attached hydrogen (secondary N) is 2. The van der Waals surface area contributed by atoms with Gasteiger partial charge in [-0.25, -0.2) is 9.37 Å². The van der Waals surface area contributed by atoms with E-state index in [0.29, 0.717) is 37.0 Å². The number of benzene rings is 1. The average Bonchev–Trinajstić information content (AvgIpc) is 3.11. The summed E-state index contributed by atoms with van der Waals surface area (Å²) in [6.45, 7) is 3.34. The van der Waals surface area contributed by atoms with Crippen molar-refractivity contribution in [3.63, 3.8) is 0 Å². The molecule has 0 saturated heterocycles. The van der Waals surface area contributed by atoms with Gasteiger partial charge in [0.15, 0.2) is 11.7 Å². The van der Waals surface area contributed by atoms with Crippen LogP contribution < -0.4 is 10.6 Å². The molecule has 0 aliphatic rings. The lowest BCUT2D eigenvalue weighted by Gasteiger charge is -2.23. The third-order valence-electron chi connectivity index (χ3n) is 4.10. The maximum atomic E-state index is 13.6. The van der Waals surface area contributed by atoms with E-state index in [1.807, 2.05) is 32.0 Å². The van der Waals surface area contributed by atoms with Crippen LogP contribution in [0.5, 0.6) is 0 Å². The highest BCUT2D eigenvalue weighted by atomic mass is 32.1. The summed E-state index contributed by atoms with van der Waals surface area (Å²) in [5.74, 6) is 0.244. The fourth-order valence-electron chi connectivity index (χ4n) is 2.64. The molecule has 2 rings (SSSR count). The van der Waals surface area contributed by atoms with Crippen molar-refractivity contribution in [1.82, 2.24) is 20.5 Å². The van der Waals surface area contributed by atoms with E-state index >= 15 is 0 Å². The number of halogens is 4. The van der Waals surface area contributed by atoms with Crippen LogP contribution in [0.1, 0.15) is 29.2 Å². The van der Waals surface area contributed by atoms with Crippen molar-refractivity contribution in [3.05, 3.63) is 51.7 Å². The largest absolute Gasteiger partial charge is 0.434 e. The standard InChI is InChI=1S/C19H25F4N5S/c1-4-24-18(25-9-8-17-27-16(12-29-17)19(21,22)23)26-11-15(28(2)3)13-6-5-7-14(20)10-13/h5-7,10,12,15H,4,8-9,11H2,1-3H3,(H2,24,25,26). The van der Waals surface area contributed by atoms with Crippen LogP contribution in [0.15, 0.2) is 34.6 Å². The monoisotopic (exact) mass is 431 g/mol. The van der Waals surface area contributed by atoms with Crippen molar-refractivity contribution in [1.29, 1.82) is 0 Å². The minimum absolute atomic E-state index is 0.116. The lowest BCUT2D eigenvalue weighted by Crippen LogP contribution is -2.39. The Hall–Kier alpha value is -2.20. The Morgan fingerprint density at radius 1 is 1.28 bits per heavy atom. The summed E-state index contributed by atoms with van der Waals surface area (Å²) in [6.07, 6.45) is -4.07. The van der Waals surface area contributed by atoms with Crippen molar-refractivity contribution >= 4 is 17.3 Å². The molecule has 0 fully saturated rings. The molecule has 1 aromatic heterocycles. The molecule has 0 aliphatic heterocycles. The normalized spacial score (nSPS) is 13.6. The van der Waals surface area contributed by atoms with E-state index in [1.54, 1.807) is 6.07 Å². The lowest BCUT2D eigenvalue weighted by atomic mass is 10.1. The second kappa shape index (κ2) is 10.5. The zero-order valence-electron chi connectivity index (χ0n) is 16.6. The summed E-state index contributed by atoms with van der Waals surface area (Å²) in [6, 6.07) is 6.28. The molecule has 0 spiro atoms. The van der Waals surface area contributed by atoms with Crippen LogP contribution in [0, 0.1) is 5.82 Å². The zero-order valence-corrected chi connectivity index (χ0v) is 17.4. The van der Waals surface area contributed by atoms with Gasteiger partial charge in [0.1, 0.15) is 5.82 Å². The molecule has 2 aromatic rings. The molecule has 0 aliphatic carbocycles. The molecule has 2 N–H and O–H groups in total. The number of thiazole rings is 1. The predicted octanol–water partition coefficient (Wildman–Crippen LogP) is 3.70. The molecular formula is C19H25F4N5S. The van der Waals surface area contributed by atoms with Gasteiger partial charge in [0, 0.05) is 24.9 Å². The Morgan fingerprint density at radius 2 is 2.03 bits per heavy atom. The third kappa shape index (κ3) is 7.28. The Kier molecular flexibility index (Phi) is 8.39. The van der Waals surface area contributed by atoms with Crippen LogP contribution in [0.4, 0.5) is 17.6 Å². The van der Waals surface area contributed by atoms with Gasteiger partial charge in [0.2, 0.25) is 0 Å². The SMILES string of the molecule is CCNC(=NCC(c1cccc(F)c1)N(C)C)NCCc1nc(C(F)(F)F)cs1. The van der Waals surface area contributed by atoms with Crippen molar-refractivity contribution in [3.8, 4) is 0 Å². The second-order valence-electron chi connectivity index (χ2n) is 6.56. The van der Waals surface area contributed by atoms with Gasteiger partial charge in [-0.2, -0.15) is 13.2 Å². The second-order valence-corrected chi connectivity index (χ2v) is 7.50. The number of nitrogens with zero attached hydrogens (tertiary/aromatic N) is 3. The Morgan fingerprint density at radius 3 is 2.62 bits per heavy atom. The molecular weight excluding hydrogens is 406 g/mol. The summed E-state index contributed by atoms with van der Waals surface area (Å²) >= 11 is 0.989. The number of aliphatic imine (C=N–C) groups is 1. The average molecular weight is 432 g/mol. The smallest absolute Gasteiger partial charge is 0.357 e. The van der Waals surface area contributed by atoms with E-state index < -0.39 is 11.9 Å². The number of likely N-dealkylation sites (N-methyl/N-ethyl adjacent to an activating group) is 1.